The molecule has 0 fully saturated rings. The minimum Gasteiger partial charge on any atom is -0.454 e. The van der Waals surface area contributed by atoms with E-state index in [4.69, 9.17) is 4.12 Å². The summed E-state index contributed by atoms with van der Waals surface area (Å²) in [5, 5.41) is 1.33. The van der Waals surface area contributed by atoms with E-state index >= 15 is 0 Å². The van der Waals surface area contributed by atoms with E-state index in [0.717, 1.165) is 0 Å². The van der Waals surface area contributed by atoms with Crippen LogP contribution in [0.15, 0.2) is 24.3 Å². The lowest BCUT2D eigenvalue weighted by Crippen LogP contribution is -2.11. The van der Waals surface area contributed by atoms with Gasteiger partial charge in [0.25, 0.3) is 9.76 Å². The number of allylic oxidation sites excluding steroid dienone is 1. The fraction of sp³-hybridized carbons (Fsp3) is 0.111. The van der Waals surface area contributed by atoms with E-state index in [9.17, 15) is 0 Å². The zero-order chi connectivity index (χ0) is 8.55. The molecule has 2 rings (SSSR count). The van der Waals surface area contributed by atoms with E-state index in [1.54, 1.807) is 0 Å². The molecule has 0 unspecified atom stereocenters. The Labute approximate surface area is 77.9 Å². The summed E-state index contributed by atoms with van der Waals surface area (Å²) in [6.07, 6.45) is 0. The summed E-state index contributed by atoms with van der Waals surface area (Å²) in [7, 11) is 3.44. The average Bonchev–Trinajstić information content (AvgIpc) is 2.13. The van der Waals surface area contributed by atoms with Gasteiger partial charge >= 0.3 is 0 Å². The van der Waals surface area contributed by atoms with Crippen LogP contribution in [0.2, 0.25) is 0 Å². The van der Waals surface area contributed by atoms with Crippen LogP contribution in [0.3, 0.4) is 0 Å². The highest BCUT2D eigenvalue weighted by atomic mass is 28.3. The quantitative estimate of drug-likeness (QED) is 0.639. The van der Waals surface area contributed by atoms with Crippen LogP contribution in [0.1, 0.15) is 18.1 Å². The molecule has 0 heterocycles. The molecule has 0 aromatic heterocycles. The first kappa shape index (κ1) is 7.98. The molecule has 0 saturated heterocycles. The molecule has 0 spiro atoms. The first-order valence-electron chi connectivity index (χ1n) is 3.74. The summed E-state index contributed by atoms with van der Waals surface area (Å²) in [4.78, 5) is 0. The van der Waals surface area contributed by atoms with Crippen LogP contribution in [-0.4, -0.2) is 20.2 Å². The largest absolute Gasteiger partial charge is 0.454 e. The van der Waals surface area contributed by atoms with Gasteiger partial charge in [0.05, 0.1) is 0 Å². The molecule has 1 aliphatic carbocycles. The van der Waals surface area contributed by atoms with Crippen LogP contribution < -0.4 is 0 Å². The van der Waals surface area contributed by atoms with Crippen molar-refractivity contribution in [3.8, 4) is 0 Å². The molecule has 0 N–H and O–H groups in total. The van der Waals surface area contributed by atoms with Gasteiger partial charge in [-0.1, -0.05) is 24.3 Å². The topological polar surface area (TPSA) is 9.23 Å². The maximum atomic E-state index is 4.95. The van der Waals surface area contributed by atoms with E-state index in [0.29, 0.717) is 9.76 Å². The highest BCUT2D eigenvalue weighted by Gasteiger charge is 2.21. The summed E-state index contributed by atoms with van der Waals surface area (Å²) < 4.78 is 4.95. The predicted octanol–water partition coefficient (Wildman–Crippen LogP) is 1.61. The second-order valence-electron chi connectivity index (χ2n) is 2.75. The van der Waals surface area contributed by atoms with Gasteiger partial charge in [0.2, 0.25) is 10.5 Å². The number of benzene rings is 1. The summed E-state index contributed by atoms with van der Waals surface area (Å²) in [6, 6.07) is 8.41. The molecule has 57 valence electrons. The lowest BCUT2D eigenvalue weighted by Gasteiger charge is -2.24. The van der Waals surface area contributed by atoms with Crippen molar-refractivity contribution in [2.75, 3.05) is 0 Å². The number of hydrogen-bond acceptors (Lipinski definition) is 1. The molecular formula is C9H7OSi2. The molecule has 0 saturated carbocycles. The highest BCUT2D eigenvalue weighted by molar-refractivity contribution is 6.63. The normalized spacial score (nSPS) is 14.2. The molecule has 1 nitrogen and oxygen atoms in total. The smallest absolute Gasteiger partial charge is 0.257 e. The van der Waals surface area contributed by atoms with Gasteiger partial charge in [-0.3, -0.25) is 0 Å². The average molecular weight is 187 g/mol. The minimum atomic E-state index is 0.416. The van der Waals surface area contributed by atoms with Crippen molar-refractivity contribution in [3.63, 3.8) is 0 Å². The summed E-state index contributed by atoms with van der Waals surface area (Å²) >= 11 is 0. The molecular weight excluding hydrogens is 180 g/mol. The lowest BCUT2D eigenvalue weighted by atomic mass is 9.89. The molecule has 1 aromatic rings. The molecule has 0 amide bonds. The van der Waals surface area contributed by atoms with Crippen molar-refractivity contribution < 1.29 is 4.12 Å². The molecule has 1 aliphatic rings. The van der Waals surface area contributed by atoms with E-state index in [1.807, 2.05) is 0 Å². The number of fused-ring (bicyclic) bond motifs is 1. The van der Waals surface area contributed by atoms with E-state index in [-0.39, 0.29) is 0 Å². The summed E-state index contributed by atoms with van der Waals surface area (Å²) in [5.41, 5.74) is 4.07. The van der Waals surface area contributed by atoms with Crippen molar-refractivity contribution in [2.45, 2.75) is 6.92 Å². The van der Waals surface area contributed by atoms with Crippen molar-refractivity contribution in [1.29, 1.82) is 0 Å². The number of rotatable bonds is 2. The SMILES string of the molecule is CC1=C([Si]O[Si])c2ccccc21. The monoisotopic (exact) mass is 187 g/mol. The van der Waals surface area contributed by atoms with Gasteiger partial charge in [-0.2, -0.15) is 0 Å². The van der Waals surface area contributed by atoms with Gasteiger partial charge in [0.1, 0.15) is 0 Å². The summed E-state index contributed by atoms with van der Waals surface area (Å²) in [6.45, 7) is 2.13. The van der Waals surface area contributed by atoms with Crippen LogP contribution in [0.5, 0.6) is 0 Å². The number of hydrogen-bond donors (Lipinski definition) is 0. The zero-order valence-electron chi connectivity index (χ0n) is 6.72. The molecule has 3 heteroatoms. The Balaban J connectivity index is 2.35. The minimum absolute atomic E-state index is 0.416. The molecule has 0 aliphatic heterocycles. The molecule has 0 atom stereocenters. The van der Waals surface area contributed by atoms with Gasteiger partial charge in [-0.15, -0.1) is 0 Å². The maximum absolute atomic E-state index is 4.95. The van der Waals surface area contributed by atoms with Crippen LogP contribution in [0, 0.1) is 0 Å². The van der Waals surface area contributed by atoms with Crippen molar-refractivity contribution in [1.82, 2.24) is 0 Å². The van der Waals surface area contributed by atoms with Crippen molar-refractivity contribution in [2.24, 2.45) is 0 Å². The Morgan fingerprint density at radius 3 is 2.58 bits per heavy atom. The van der Waals surface area contributed by atoms with Crippen LogP contribution in [-0.2, 0) is 4.12 Å². The van der Waals surface area contributed by atoms with Gasteiger partial charge in [0, 0.05) is 0 Å². The molecule has 1 aromatic carbocycles. The van der Waals surface area contributed by atoms with E-state index in [2.05, 4.69) is 41.7 Å². The lowest BCUT2D eigenvalue weighted by molar-refractivity contribution is 0.677. The Morgan fingerprint density at radius 1 is 1.25 bits per heavy atom. The Kier molecular flexibility index (Phi) is 2.00. The van der Waals surface area contributed by atoms with Gasteiger partial charge in [-0.25, -0.2) is 0 Å². The van der Waals surface area contributed by atoms with Gasteiger partial charge < -0.3 is 4.12 Å². The Bertz CT molecular complexity index is 344. The maximum Gasteiger partial charge on any atom is 0.257 e. The molecule has 0 bridgehead atoms. The second kappa shape index (κ2) is 3.01. The first-order valence-corrected chi connectivity index (χ1v) is 5.05. The third-order valence-corrected chi connectivity index (χ3v) is 3.39. The van der Waals surface area contributed by atoms with Gasteiger partial charge in [0.15, 0.2) is 0 Å². The van der Waals surface area contributed by atoms with Crippen LogP contribution in [0.4, 0.5) is 0 Å². The molecule has 12 heavy (non-hydrogen) atoms. The second-order valence-corrected chi connectivity index (χ2v) is 4.27. The zero-order valence-corrected chi connectivity index (χ0v) is 8.72. The fourth-order valence-electron chi connectivity index (χ4n) is 1.48. The van der Waals surface area contributed by atoms with Crippen molar-refractivity contribution in [3.05, 3.63) is 35.4 Å². The van der Waals surface area contributed by atoms with Crippen molar-refractivity contribution >= 4 is 31.0 Å². The molecule has 5 radical (unpaired) electrons. The predicted molar refractivity (Wildman–Crippen MR) is 51.5 cm³/mol. The van der Waals surface area contributed by atoms with Gasteiger partial charge in [-0.05, 0) is 28.8 Å². The summed E-state index contributed by atoms with van der Waals surface area (Å²) in [5.74, 6) is 0. The third kappa shape index (κ3) is 1.02. The third-order valence-electron chi connectivity index (χ3n) is 2.13. The Hall–Kier alpha value is -0.646. The highest BCUT2D eigenvalue weighted by Crippen LogP contribution is 2.38. The van der Waals surface area contributed by atoms with Crippen LogP contribution >= 0.6 is 0 Å². The van der Waals surface area contributed by atoms with Crippen LogP contribution in [0.25, 0.3) is 10.8 Å². The fourth-order valence-corrected chi connectivity index (χ4v) is 2.51. The van der Waals surface area contributed by atoms with E-state index in [1.165, 1.54) is 21.9 Å². The Morgan fingerprint density at radius 2 is 1.92 bits per heavy atom. The standard InChI is InChI=1S/C9H7OSi2/c1-6-7-4-2-3-5-8(7)9(6)12-10-11/h2-5H,1H3. The van der Waals surface area contributed by atoms with E-state index < -0.39 is 0 Å². The first-order chi connectivity index (χ1) is 5.84.